The molecule has 0 spiro atoms. The van der Waals surface area contributed by atoms with Crippen molar-refractivity contribution in [2.75, 3.05) is 0 Å². The molecule has 2 aromatic carbocycles. The molecule has 1 fully saturated rings. The summed E-state index contributed by atoms with van der Waals surface area (Å²) in [6, 6.07) is 16.1. The van der Waals surface area contributed by atoms with Gasteiger partial charge >= 0.3 is 0 Å². The summed E-state index contributed by atoms with van der Waals surface area (Å²) in [7, 11) is 4.01. The molecule has 5 rings (SSSR count). The largest absolute Gasteiger partial charge is 0.851 e. The van der Waals surface area contributed by atoms with E-state index in [-0.39, 0.29) is 0 Å². The lowest BCUT2D eigenvalue weighted by atomic mass is 9.62. The molecule has 4 aromatic rings. The van der Waals surface area contributed by atoms with Gasteiger partial charge in [-0.2, -0.15) is 0 Å². The van der Waals surface area contributed by atoms with Crippen molar-refractivity contribution in [3.63, 3.8) is 0 Å². The zero-order valence-electron chi connectivity index (χ0n) is 16.6. The van der Waals surface area contributed by atoms with Gasteiger partial charge in [0.25, 0.3) is 0 Å². The van der Waals surface area contributed by atoms with Crippen LogP contribution in [-0.2, 0) is 14.1 Å². The number of hydrogen-bond donors (Lipinski definition) is 0. The highest BCUT2D eigenvalue weighted by atomic mass is 16.3. The van der Waals surface area contributed by atoms with E-state index >= 15 is 0 Å². The van der Waals surface area contributed by atoms with E-state index in [0.717, 1.165) is 44.3 Å². The zero-order valence-corrected chi connectivity index (χ0v) is 16.6. The lowest BCUT2D eigenvalue weighted by Gasteiger charge is -2.62. The third kappa shape index (κ3) is 2.07. The van der Waals surface area contributed by atoms with Gasteiger partial charge in [-0.15, -0.1) is 12.2 Å². The van der Waals surface area contributed by atoms with Gasteiger partial charge < -0.3 is 19.3 Å². The smallest absolute Gasteiger partial charge is 0.0482 e. The minimum Gasteiger partial charge on any atom is -0.851 e. The minimum atomic E-state index is -0.920. The lowest BCUT2D eigenvalue weighted by molar-refractivity contribution is -0.535. The molecule has 0 unspecified atom stereocenters. The molecule has 0 saturated heterocycles. The van der Waals surface area contributed by atoms with Gasteiger partial charge in [-0.25, -0.2) is 0 Å². The Morgan fingerprint density at radius 3 is 1.39 bits per heavy atom. The van der Waals surface area contributed by atoms with Crippen LogP contribution in [0.15, 0.2) is 48.5 Å². The molecule has 0 bridgehead atoms. The topological polar surface area (TPSA) is 56.0 Å². The fourth-order valence-corrected chi connectivity index (χ4v) is 5.27. The Labute approximate surface area is 164 Å². The van der Waals surface area contributed by atoms with Gasteiger partial charge in [0.05, 0.1) is 0 Å². The van der Waals surface area contributed by atoms with Gasteiger partial charge in [0, 0.05) is 47.3 Å². The fourth-order valence-electron chi connectivity index (χ4n) is 5.27. The number of para-hydroxylation sites is 2. The van der Waals surface area contributed by atoms with E-state index in [1.54, 1.807) is 0 Å². The normalized spacial score (nSPS) is 24.8. The Bertz CT molecular complexity index is 1110. The standard InChI is InChI=1S/C24H24N2O2/c1-13-19(15-9-5-7-11-17(15)25(13)3)21-23(27)22(24(21)28)20-14(2)26(4)18-12-8-6-10-16(18)20/h5-12,21-24H,1-4H3/q-2. The number of aryl methyl sites for hydroxylation is 2. The first-order chi connectivity index (χ1) is 13.4. The average Bonchev–Trinajstić information content (AvgIpc) is 3.10. The highest BCUT2D eigenvalue weighted by molar-refractivity contribution is 5.88. The van der Waals surface area contributed by atoms with Crippen LogP contribution >= 0.6 is 0 Å². The Balaban J connectivity index is 1.63. The predicted molar refractivity (Wildman–Crippen MR) is 108 cm³/mol. The Morgan fingerprint density at radius 1 is 0.643 bits per heavy atom. The lowest BCUT2D eigenvalue weighted by Crippen LogP contribution is -2.63. The molecule has 1 aliphatic rings. The summed E-state index contributed by atoms with van der Waals surface area (Å²) in [6.45, 7) is 4.04. The molecule has 2 heterocycles. The molecule has 2 aromatic heterocycles. The van der Waals surface area contributed by atoms with Gasteiger partial charge in [-0.1, -0.05) is 36.4 Å². The molecule has 28 heavy (non-hydrogen) atoms. The van der Waals surface area contributed by atoms with Crippen molar-refractivity contribution in [1.82, 2.24) is 9.13 Å². The Hall–Kier alpha value is -2.56. The predicted octanol–water partition coefficient (Wildman–Crippen LogP) is 2.63. The van der Waals surface area contributed by atoms with Gasteiger partial charge in [0.2, 0.25) is 0 Å². The first-order valence-electron chi connectivity index (χ1n) is 9.83. The average molecular weight is 372 g/mol. The Morgan fingerprint density at radius 2 is 1.00 bits per heavy atom. The van der Waals surface area contributed by atoms with E-state index in [9.17, 15) is 10.2 Å². The molecule has 0 amide bonds. The summed E-state index contributed by atoms with van der Waals surface area (Å²) in [5.74, 6) is -0.982. The SMILES string of the molecule is Cc1c(C2C([O-])C(c3c(C)n(C)c4ccccc34)C2[O-])c2ccccc2n1C. The van der Waals surface area contributed by atoms with Gasteiger partial charge in [-0.3, -0.25) is 0 Å². The maximum absolute atomic E-state index is 13.4. The number of benzene rings is 2. The van der Waals surface area contributed by atoms with Crippen molar-refractivity contribution in [2.45, 2.75) is 37.9 Å². The fraction of sp³-hybridized carbons (Fsp3) is 0.333. The Kier molecular flexibility index (Phi) is 3.74. The van der Waals surface area contributed by atoms with Crippen LogP contribution in [0.2, 0.25) is 0 Å². The maximum atomic E-state index is 13.4. The van der Waals surface area contributed by atoms with Crippen molar-refractivity contribution in [2.24, 2.45) is 14.1 Å². The number of aromatic nitrogens is 2. The van der Waals surface area contributed by atoms with Crippen molar-refractivity contribution >= 4 is 21.8 Å². The molecule has 0 atom stereocenters. The maximum Gasteiger partial charge on any atom is 0.0482 e. The molecular formula is C24H24N2O2-2. The summed E-state index contributed by atoms with van der Waals surface area (Å²) in [5.41, 5.74) is 6.12. The van der Waals surface area contributed by atoms with E-state index in [1.807, 2.05) is 64.3 Å². The van der Waals surface area contributed by atoms with Crippen LogP contribution in [0.3, 0.4) is 0 Å². The van der Waals surface area contributed by atoms with E-state index in [4.69, 9.17) is 0 Å². The highest BCUT2D eigenvalue weighted by Gasteiger charge is 2.42. The van der Waals surface area contributed by atoms with Crippen molar-refractivity contribution in [1.29, 1.82) is 0 Å². The second-order valence-corrected chi connectivity index (χ2v) is 8.13. The quantitative estimate of drug-likeness (QED) is 0.543. The van der Waals surface area contributed by atoms with Crippen LogP contribution < -0.4 is 10.2 Å². The summed E-state index contributed by atoms with van der Waals surface area (Å²) < 4.78 is 4.20. The third-order valence-corrected chi connectivity index (χ3v) is 6.98. The molecule has 0 radical (unpaired) electrons. The highest BCUT2D eigenvalue weighted by Crippen LogP contribution is 2.51. The van der Waals surface area contributed by atoms with Crippen LogP contribution in [0.25, 0.3) is 21.8 Å². The van der Waals surface area contributed by atoms with Crippen LogP contribution in [-0.4, -0.2) is 21.3 Å². The van der Waals surface area contributed by atoms with Crippen LogP contribution in [0.1, 0.15) is 34.4 Å². The second-order valence-electron chi connectivity index (χ2n) is 8.13. The molecular weight excluding hydrogens is 348 g/mol. The molecule has 0 aliphatic heterocycles. The molecule has 1 aliphatic carbocycles. The summed E-state index contributed by atoms with van der Waals surface area (Å²) >= 11 is 0. The number of hydrogen-bond acceptors (Lipinski definition) is 2. The van der Waals surface area contributed by atoms with Crippen molar-refractivity contribution < 1.29 is 10.2 Å². The van der Waals surface area contributed by atoms with Crippen LogP contribution in [0.4, 0.5) is 0 Å². The van der Waals surface area contributed by atoms with E-state index in [0.29, 0.717) is 0 Å². The van der Waals surface area contributed by atoms with E-state index in [2.05, 4.69) is 21.3 Å². The number of rotatable bonds is 2. The van der Waals surface area contributed by atoms with Crippen molar-refractivity contribution in [3.8, 4) is 0 Å². The summed E-state index contributed by atoms with van der Waals surface area (Å²) in [4.78, 5) is 0. The first-order valence-corrected chi connectivity index (χ1v) is 9.83. The van der Waals surface area contributed by atoms with Gasteiger partial charge in [-0.05, 0) is 48.9 Å². The van der Waals surface area contributed by atoms with E-state index < -0.39 is 24.0 Å². The molecule has 4 heteroatoms. The van der Waals surface area contributed by atoms with Gasteiger partial charge in [0.15, 0.2) is 0 Å². The molecule has 144 valence electrons. The summed E-state index contributed by atoms with van der Waals surface area (Å²) in [6.07, 6.45) is -1.84. The van der Waals surface area contributed by atoms with Crippen molar-refractivity contribution in [3.05, 3.63) is 71.0 Å². The molecule has 4 nitrogen and oxygen atoms in total. The zero-order chi connectivity index (χ0) is 19.7. The van der Waals surface area contributed by atoms with Gasteiger partial charge in [0.1, 0.15) is 0 Å². The number of fused-ring (bicyclic) bond motifs is 2. The number of nitrogens with zero attached hydrogens (tertiary/aromatic N) is 2. The first kappa shape index (κ1) is 17.5. The third-order valence-electron chi connectivity index (χ3n) is 6.98. The monoisotopic (exact) mass is 372 g/mol. The van der Waals surface area contributed by atoms with Crippen LogP contribution in [0, 0.1) is 13.8 Å². The molecule has 0 N–H and O–H groups in total. The molecule has 1 saturated carbocycles. The van der Waals surface area contributed by atoms with E-state index in [1.165, 1.54) is 0 Å². The minimum absolute atomic E-state index is 0.491. The second kappa shape index (κ2) is 5.97. The van der Waals surface area contributed by atoms with Crippen LogP contribution in [0.5, 0.6) is 0 Å². The summed E-state index contributed by atoms with van der Waals surface area (Å²) in [5, 5.41) is 29.0.